The van der Waals surface area contributed by atoms with Gasteiger partial charge in [-0.15, -0.1) is 0 Å². The lowest BCUT2D eigenvalue weighted by Crippen LogP contribution is -2.37. The summed E-state index contributed by atoms with van der Waals surface area (Å²) in [6.45, 7) is 2.94. The fourth-order valence-electron chi connectivity index (χ4n) is 2.86. The SMILES string of the molecule is NCCCN(Cc1cccnc1)C1CCCCC1. The van der Waals surface area contributed by atoms with Crippen molar-refractivity contribution < 1.29 is 0 Å². The molecule has 1 saturated carbocycles. The van der Waals surface area contributed by atoms with Gasteiger partial charge < -0.3 is 5.73 Å². The van der Waals surface area contributed by atoms with Gasteiger partial charge in [-0.25, -0.2) is 0 Å². The van der Waals surface area contributed by atoms with E-state index in [0.29, 0.717) is 0 Å². The molecule has 0 saturated heterocycles. The summed E-state index contributed by atoms with van der Waals surface area (Å²) in [6.07, 6.45) is 11.8. The maximum Gasteiger partial charge on any atom is 0.0312 e. The van der Waals surface area contributed by atoms with E-state index in [1.54, 1.807) is 0 Å². The standard InChI is InChI=1S/C15H25N3/c16-9-5-11-18(15-7-2-1-3-8-15)13-14-6-4-10-17-12-14/h4,6,10,12,15H,1-3,5,7-9,11,13,16H2. The van der Waals surface area contributed by atoms with Crippen molar-refractivity contribution in [3.05, 3.63) is 30.1 Å². The van der Waals surface area contributed by atoms with E-state index in [1.165, 1.54) is 37.7 Å². The van der Waals surface area contributed by atoms with Gasteiger partial charge in [0.2, 0.25) is 0 Å². The molecule has 0 unspecified atom stereocenters. The van der Waals surface area contributed by atoms with Gasteiger partial charge in [-0.1, -0.05) is 25.3 Å². The van der Waals surface area contributed by atoms with Crippen LogP contribution in [0.5, 0.6) is 0 Å². The maximum absolute atomic E-state index is 5.66. The highest BCUT2D eigenvalue weighted by atomic mass is 15.2. The Morgan fingerprint density at radius 1 is 1.28 bits per heavy atom. The smallest absolute Gasteiger partial charge is 0.0312 e. The first-order valence-corrected chi connectivity index (χ1v) is 7.23. The molecule has 1 fully saturated rings. The lowest BCUT2D eigenvalue weighted by molar-refractivity contribution is 0.147. The Kier molecular flexibility index (Phi) is 5.62. The summed E-state index contributed by atoms with van der Waals surface area (Å²) >= 11 is 0. The molecule has 1 aromatic rings. The summed E-state index contributed by atoms with van der Waals surface area (Å²) in [5.74, 6) is 0. The highest BCUT2D eigenvalue weighted by molar-refractivity contribution is 5.08. The molecule has 1 aromatic heterocycles. The van der Waals surface area contributed by atoms with Crippen molar-refractivity contribution in [2.24, 2.45) is 5.73 Å². The van der Waals surface area contributed by atoms with E-state index in [0.717, 1.165) is 32.1 Å². The van der Waals surface area contributed by atoms with E-state index >= 15 is 0 Å². The molecule has 2 rings (SSSR count). The van der Waals surface area contributed by atoms with Crippen molar-refractivity contribution >= 4 is 0 Å². The van der Waals surface area contributed by atoms with Crippen LogP contribution in [-0.2, 0) is 6.54 Å². The Bertz CT molecular complexity index is 320. The molecule has 0 atom stereocenters. The van der Waals surface area contributed by atoms with Crippen molar-refractivity contribution in [3.8, 4) is 0 Å². The van der Waals surface area contributed by atoms with E-state index < -0.39 is 0 Å². The third-order valence-electron chi connectivity index (χ3n) is 3.85. The number of pyridine rings is 1. The van der Waals surface area contributed by atoms with E-state index in [4.69, 9.17) is 5.73 Å². The number of nitrogens with two attached hydrogens (primary N) is 1. The van der Waals surface area contributed by atoms with Gasteiger partial charge in [0.15, 0.2) is 0 Å². The van der Waals surface area contributed by atoms with Crippen LogP contribution in [0.1, 0.15) is 44.1 Å². The highest BCUT2D eigenvalue weighted by Crippen LogP contribution is 2.24. The molecule has 0 spiro atoms. The Morgan fingerprint density at radius 2 is 2.11 bits per heavy atom. The van der Waals surface area contributed by atoms with Crippen molar-refractivity contribution in [3.63, 3.8) is 0 Å². The molecule has 100 valence electrons. The zero-order valence-corrected chi connectivity index (χ0v) is 11.2. The molecule has 2 N–H and O–H groups in total. The van der Waals surface area contributed by atoms with E-state index in [-0.39, 0.29) is 0 Å². The third kappa shape index (κ3) is 4.07. The first kappa shape index (κ1) is 13.5. The second kappa shape index (κ2) is 7.49. The molecule has 0 amide bonds. The van der Waals surface area contributed by atoms with Gasteiger partial charge in [0, 0.05) is 25.0 Å². The van der Waals surface area contributed by atoms with Crippen molar-refractivity contribution in [1.82, 2.24) is 9.88 Å². The number of nitrogens with zero attached hydrogens (tertiary/aromatic N) is 2. The van der Waals surface area contributed by atoms with Gasteiger partial charge in [0.05, 0.1) is 0 Å². The number of hydrogen-bond donors (Lipinski definition) is 1. The van der Waals surface area contributed by atoms with Crippen LogP contribution in [0.15, 0.2) is 24.5 Å². The molecule has 0 radical (unpaired) electrons. The molecule has 0 aromatic carbocycles. The van der Waals surface area contributed by atoms with Gasteiger partial charge >= 0.3 is 0 Å². The average molecular weight is 247 g/mol. The molecule has 3 nitrogen and oxygen atoms in total. The van der Waals surface area contributed by atoms with Gasteiger partial charge in [-0.2, -0.15) is 0 Å². The van der Waals surface area contributed by atoms with Crippen LogP contribution in [0, 0.1) is 0 Å². The molecule has 1 heterocycles. The minimum absolute atomic E-state index is 0.755. The first-order chi connectivity index (χ1) is 8.90. The predicted octanol–water partition coefficient (Wildman–Crippen LogP) is 2.57. The lowest BCUT2D eigenvalue weighted by Gasteiger charge is -2.34. The predicted molar refractivity (Wildman–Crippen MR) is 75.2 cm³/mol. The third-order valence-corrected chi connectivity index (χ3v) is 3.85. The van der Waals surface area contributed by atoms with Crippen molar-refractivity contribution in [2.75, 3.05) is 13.1 Å². The zero-order chi connectivity index (χ0) is 12.6. The molecule has 1 aliphatic rings. The van der Waals surface area contributed by atoms with Crippen LogP contribution in [-0.4, -0.2) is 29.0 Å². The summed E-state index contributed by atoms with van der Waals surface area (Å²) < 4.78 is 0. The first-order valence-electron chi connectivity index (χ1n) is 7.23. The summed E-state index contributed by atoms with van der Waals surface area (Å²) in [6, 6.07) is 4.95. The number of aromatic nitrogens is 1. The second-order valence-electron chi connectivity index (χ2n) is 5.27. The molecule has 18 heavy (non-hydrogen) atoms. The molecular weight excluding hydrogens is 222 g/mol. The zero-order valence-electron chi connectivity index (χ0n) is 11.2. The monoisotopic (exact) mass is 247 g/mol. The topological polar surface area (TPSA) is 42.1 Å². The van der Waals surface area contributed by atoms with Crippen LogP contribution < -0.4 is 5.73 Å². The fourth-order valence-corrected chi connectivity index (χ4v) is 2.86. The quantitative estimate of drug-likeness (QED) is 0.840. The second-order valence-corrected chi connectivity index (χ2v) is 5.27. The minimum Gasteiger partial charge on any atom is -0.330 e. The number of hydrogen-bond acceptors (Lipinski definition) is 3. The van der Waals surface area contributed by atoms with E-state index in [9.17, 15) is 0 Å². The Hall–Kier alpha value is -0.930. The molecule has 0 aliphatic heterocycles. The van der Waals surface area contributed by atoms with Gasteiger partial charge in [0.25, 0.3) is 0 Å². The summed E-state index contributed by atoms with van der Waals surface area (Å²) in [5.41, 5.74) is 6.98. The van der Waals surface area contributed by atoms with Crippen LogP contribution in [0.4, 0.5) is 0 Å². The largest absolute Gasteiger partial charge is 0.330 e. The van der Waals surface area contributed by atoms with Gasteiger partial charge in [0.1, 0.15) is 0 Å². The maximum atomic E-state index is 5.66. The molecule has 3 heteroatoms. The average Bonchev–Trinajstić information content (AvgIpc) is 2.45. The van der Waals surface area contributed by atoms with Crippen molar-refractivity contribution in [1.29, 1.82) is 0 Å². The molecule has 0 bridgehead atoms. The Morgan fingerprint density at radius 3 is 2.78 bits per heavy atom. The van der Waals surface area contributed by atoms with E-state index in [2.05, 4.69) is 16.0 Å². The van der Waals surface area contributed by atoms with Gasteiger partial charge in [-0.05, 0) is 44.0 Å². The van der Waals surface area contributed by atoms with Crippen LogP contribution in [0.2, 0.25) is 0 Å². The highest BCUT2D eigenvalue weighted by Gasteiger charge is 2.20. The summed E-state index contributed by atoms with van der Waals surface area (Å²) in [5, 5.41) is 0. The van der Waals surface area contributed by atoms with Crippen LogP contribution in [0.25, 0.3) is 0 Å². The Balaban J connectivity index is 1.95. The lowest BCUT2D eigenvalue weighted by atomic mass is 9.93. The van der Waals surface area contributed by atoms with Crippen LogP contribution in [0.3, 0.4) is 0 Å². The van der Waals surface area contributed by atoms with Crippen molar-refractivity contribution in [2.45, 2.75) is 51.1 Å². The number of rotatable bonds is 6. The summed E-state index contributed by atoms with van der Waals surface area (Å²) in [4.78, 5) is 6.83. The van der Waals surface area contributed by atoms with Gasteiger partial charge in [-0.3, -0.25) is 9.88 Å². The molecular formula is C15H25N3. The Labute approximate surface area is 110 Å². The summed E-state index contributed by atoms with van der Waals surface area (Å²) in [7, 11) is 0. The van der Waals surface area contributed by atoms with Crippen LogP contribution >= 0.6 is 0 Å². The normalized spacial score (nSPS) is 17.2. The fraction of sp³-hybridized carbons (Fsp3) is 0.667. The minimum atomic E-state index is 0.755. The van der Waals surface area contributed by atoms with E-state index in [1.807, 2.05) is 18.5 Å². The molecule has 1 aliphatic carbocycles.